The molecule has 1 fully saturated rings. The summed E-state index contributed by atoms with van der Waals surface area (Å²) in [6, 6.07) is 15.1. The number of rotatable bonds is 6. The van der Waals surface area contributed by atoms with Crippen molar-refractivity contribution in [3.05, 3.63) is 71.6 Å². The molecule has 2 aromatic carbocycles. The molecule has 174 valence electrons. The molecule has 2 atom stereocenters. The van der Waals surface area contributed by atoms with Gasteiger partial charge in [0.1, 0.15) is 17.4 Å². The number of esters is 1. The molecule has 0 spiro atoms. The molecule has 0 aromatic heterocycles. The summed E-state index contributed by atoms with van der Waals surface area (Å²) in [5, 5.41) is 0. The number of hydroxylamine groups is 1. The van der Waals surface area contributed by atoms with Crippen LogP contribution in [0.3, 0.4) is 0 Å². The predicted octanol–water partition coefficient (Wildman–Crippen LogP) is 4.63. The maximum atomic E-state index is 12.9. The number of benzene rings is 2. The van der Waals surface area contributed by atoms with E-state index in [0.29, 0.717) is 30.9 Å². The standard InChI is InChI=1S/C25H29N3O5/c1-25(2,3)33-24(30)28-16-20(27-31-17-18-8-6-5-7-9-18)12-15-22(28)23(29)32-21-13-10-19(26-4)11-14-21/h5-11,13-14,20,22,27H,12,15-17H2,1-3H3/t20-,22+/m1/s1. The first-order chi connectivity index (χ1) is 15.7. The Morgan fingerprint density at radius 3 is 2.42 bits per heavy atom. The molecule has 1 aliphatic rings. The number of hydrogen-bond donors (Lipinski definition) is 1. The second kappa shape index (κ2) is 10.9. The number of amides is 1. The molecule has 8 heteroatoms. The van der Waals surface area contributed by atoms with Gasteiger partial charge in [-0.15, -0.1) is 0 Å². The third-order valence-corrected chi connectivity index (χ3v) is 5.00. The number of carbonyl (C=O) groups is 2. The number of hydrogen-bond acceptors (Lipinski definition) is 6. The van der Waals surface area contributed by atoms with Crippen LogP contribution in [0.4, 0.5) is 10.5 Å². The summed E-state index contributed by atoms with van der Waals surface area (Å²) in [7, 11) is 0. The van der Waals surface area contributed by atoms with Crippen molar-refractivity contribution in [3.8, 4) is 5.75 Å². The Hall–Kier alpha value is -3.41. The Bertz CT molecular complexity index is 980. The Labute approximate surface area is 194 Å². The maximum Gasteiger partial charge on any atom is 0.411 e. The number of carbonyl (C=O) groups excluding carboxylic acids is 2. The van der Waals surface area contributed by atoms with Crippen LogP contribution in [-0.2, 0) is 21.0 Å². The van der Waals surface area contributed by atoms with Crippen molar-refractivity contribution in [1.82, 2.24) is 10.4 Å². The highest BCUT2D eigenvalue weighted by atomic mass is 16.6. The van der Waals surface area contributed by atoms with Crippen LogP contribution in [0.15, 0.2) is 54.6 Å². The van der Waals surface area contributed by atoms with Crippen molar-refractivity contribution in [1.29, 1.82) is 0 Å². The van der Waals surface area contributed by atoms with Crippen LogP contribution in [0.25, 0.3) is 4.85 Å². The predicted molar refractivity (Wildman–Crippen MR) is 122 cm³/mol. The summed E-state index contributed by atoms with van der Waals surface area (Å²) in [6.07, 6.45) is 0.428. The lowest BCUT2D eigenvalue weighted by Gasteiger charge is -2.38. The fourth-order valence-electron chi connectivity index (χ4n) is 3.42. The van der Waals surface area contributed by atoms with Gasteiger partial charge < -0.3 is 9.47 Å². The molecule has 8 nitrogen and oxygen atoms in total. The number of nitrogens with zero attached hydrogens (tertiary/aromatic N) is 2. The molecule has 2 aromatic rings. The first kappa shape index (κ1) is 24.2. The van der Waals surface area contributed by atoms with Crippen molar-refractivity contribution in [2.24, 2.45) is 0 Å². The topological polar surface area (TPSA) is 81.5 Å². The number of piperidine rings is 1. The fourth-order valence-corrected chi connectivity index (χ4v) is 3.42. The molecule has 33 heavy (non-hydrogen) atoms. The lowest BCUT2D eigenvalue weighted by Crippen LogP contribution is -2.57. The van der Waals surface area contributed by atoms with E-state index in [2.05, 4.69) is 10.3 Å². The summed E-state index contributed by atoms with van der Waals surface area (Å²) in [5.41, 5.74) is 3.78. The zero-order valence-electron chi connectivity index (χ0n) is 19.1. The molecule has 3 rings (SSSR count). The van der Waals surface area contributed by atoms with E-state index in [1.807, 2.05) is 30.3 Å². The van der Waals surface area contributed by atoms with Crippen LogP contribution in [0.1, 0.15) is 39.2 Å². The Morgan fingerprint density at radius 2 is 1.79 bits per heavy atom. The summed E-state index contributed by atoms with van der Waals surface area (Å²) in [4.78, 5) is 36.2. The van der Waals surface area contributed by atoms with Crippen LogP contribution < -0.4 is 10.2 Å². The molecule has 1 N–H and O–H groups in total. The summed E-state index contributed by atoms with van der Waals surface area (Å²) in [5.74, 6) is -0.219. The third kappa shape index (κ3) is 7.31. The van der Waals surface area contributed by atoms with Gasteiger partial charge in [-0.2, -0.15) is 5.48 Å². The van der Waals surface area contributed by atoms with Crippen molar-refractivity contribution in [3.63, 3.8) is 0 Å². The molecule has 1 amide bonds. The van der Waals surface area contributed by atoms with Gasteiger partial charge in [0.25, 0.3) is 0 Å². The fraction of sp³-hybridized carbons (Fsp3) is 0.400. The van der Waals surface area contributed by atoms with Gasteiger partial charge in [-0.1, -0.05) is 42.5 Å². The zero-order valence-corrected chi connectivity index (χ0v) is 19.1. The van der Waals surface area contributed by atoms with Crippen molar-refractivity contribution < 1.29 is 23.9 Å². The minimum atomic E-state index is -0.785. The van der Waals surface area contributed by atoms with E-state index in [4.69, 9.17) is 20.9 Å². The van der Waals surface area contributed by atoms with Crippen LogP contribution in [-0.4, -0.2) is 41.2 Å². The van der Waals surface area contributed by atoms with Crippen LogP contribution in [0.5, 0.6) is 5.75 Å². The van der Waals surface area contributed by atoms with Gasteiger partial charge in [-0.25, -0.2) is 14.4 Å². The molecule has 0 unspecified atom stereocenters. The van der Waals surface area contributed by atoms with Crippen LogP contribution in [0.2, 0.25) is 0 Å². The molecule has 1 heterocycles. The maximum absolute atomic E-state index is 12.9. The second-order valence-corrected chi connectivity index (χ2v) is 8.84. The molecule has 1 aliphatic heterocycles. The molecule has 0 aliphatic carbocycles. The molecule has 0 bridgehead atoms. The van der Waals surface area contributed by atoms with E-state index in [-0.39, 0.29) is 12.6 Å². The summed E-state index contributed by atoms with van der Waals surface area (Å²) >= 11 is 0. The van der Waals surface area contributed by atoms with Crippen LogP contribution in [0, 0.1) is 6.57 Å². The molecule has 0 saturated carbocycles. The summed E-state index contributed by atoms with van der Waals surface area (Å²) in [6.45, 7) is 13.0. The van der Waals surface area contributed by atoms with Gasteiger partial charge in [0.2, 0.25) is 0 Å². The van der Waals surface area contributed by atoms with Crippen molar-refractivity contribution in [2.45, 2.75) is 57.9 Å². The average molecular weight is 452 g/mol. The normalized spacial score (nSPS) is 18.3. The molecule has 0 radical (unpaired) electrons. The number of ether oxygens (including phenoxy) is 2. The van der Waals surface area contributed by atoms with Gasteiger partial charge in [0, 0.05) is 6.54 Å². The van der Waals surface area contributed by atoms with Gasteiger partial charge in [0.15, 0.2) is 5.69 Å². The van der Waals surface area contributed by atoms with Crippen LogP contribution >= 0.6 is 0 Å². The van der Waals surface area contributed by atoms with Gasteiger partial charge in [-0.3, -0.25) is 9.74 Å². The average Bonchev–Trinajstić information content (AvgIpc) is 2.79. The van der Waals surface area contributed by atoms with Gasteiger partial charge >= 0.3 is 12.1 Å². The Kier molecular flexibility index (Phi) is 8.04. The second-order valence-electron chi connectivity index (χ2n) is 8.84. The number of nitrogens with one attached hydrogen (secondary N) is 1. The highest BCUT2D eigenvalue weighted by Crippen LogP contribution is 2.24. The smallest absolute Gasteiger partial charge is 0.411 e. The van der Waals surface area contributed by atoms with Gasteiger partial charge in [0.05, 0.1) is 19.2 Å². The minimum absolute atomic E-state index is 0.164. The van der Waals surface area contributed by atoms with Gasteiger partial charge in [-0.05, 0) is 51.3 Å². The van der Waals surface area contributed by atoms with E-state index in [0.717, 1.165) is 5.56 Å². The van der Waals surface area contributed by atoms with Crippen molar-refractivity contribution in [2.75, 3.05) is 6.54 Å². The lowest BCUT2D eigenvalue weighted by molar-refractivity contribution is -0.142. The highest BCUT2D eigenvalue weighted by Gasteiger charge is 2.39. The van der Waals surface area contributed by atoms with E-state index < -0.39 is 23.7 Å². The number of likely N-dealkylation sites (tertiary alicyclic amines) is 1. The molecular formula is C25H29N3O5. The monoisotopic (exact) mass is 451 g/mol. The summed E-state index contributed by atoms with van der Waals surface area (Å²) < 4.78 is 11.0. The molecule has 1 saturated heterocycles. The van der Waals surface area contributed by atoms with E-state index in [1.54, 1.807) is 45.0 Å². The van der Waals surface area contributed by atoms with E-state index in [9.17, 15) is 9.59 Å². The highest BCUT2D eigenvalue weighted by molar-refractivity contribution is 5.83. The SMILES string of the molecule is [C-]#[N+]c1ccc(OC(=O)[C@@H]2CC[C@@H](NOCc3ccccc3)CN2C(=O)OC(C)(C)C)cc1. The Morgan fingerprint density at radius 1 is 1.09 bits per heavy atom. The zero-order chi connectivity index (χ0) is 23.8. The van der Waals surface area contributed by atoms with E-state index >= 15 is 0 Å². The first-order valence-electron chi connectivity index (χ1n) is 10.9. The first-order valence-corrected chi connectivity index (χ1v) is 10.9. The third-order valence-electron chi connectivity index (χ3n) is 5.00. The largest absolute Gasteiger partial charge is 0.444 e. The molecular weight excluding hydrogens is 422 g/mol. The quantitative estimate of drug-likeness (QED) is 0.298. The minimum Gasteiger partial charge on any atom is -0.444 e. The van der Waals surface area contributed by atoms with E-state index in [1.165, 1.54) is 4.90 Å². The Balaban J connectivity index is 1.65. The van der Waals surface area contributed by atoms with Crippen molar-refractivity contribution >= 4 is 17.7 Å². The lowest BCUT2D eigenvalue weighted by atomic mass is 9.99.